The number of carbonyl (C=O) groups is 2. The van der Waals surface area contributed by atoms with Gasteiger partial charge < -0.3 is 9.15 Å². The second-order valence-electron chi connectivity index (χ2n) is 7.39. The maximum atomic E-state index is 13.6. The van der Waals surface area contributed by atoms with Gasteiger partial charge in [-0.25, -0.2) is 17.5 Å². The highest BCUT2D eigenvalue weighted by atomic mass is 32.2. The molecule has 0 saturated carbocycles. The van der Waals surface area contributed by atoms with Gasteiger partial charge in [-0.15, -0.1) is 0 Å². The minimum atomic E-state index is -4.19. The number of benzene rings is 2. The normalized spacial score (nSPS) is 11.5. The number of aryl methyl sites for hydroxylation is 3. The van der Waals surface area contributed by atoms with E-state index < -0.39 is 21.9 Å². The predicted octanol–water partition coefficient (Wildman–Crippen LogP) is 4.67. The minimum absolute atomic E-state index is 0.0520. The fourth-order valence-corrected chi connectivity index (χ4v) is 5.26. The van der Waals surface area contributed by atoms with Crippen molar-refractivity contribution in [3.05, 3.63) is 58.8 Å². The van der Waals surface area contributed by atoms with E-state index in [0.29, 0.717) is 28.7 Å². The van der Waals surface area contributed by atoms with E-state index in [-0.39, 0.29) is 22.6 Å². The van der Waals surface area contributed by atoms with E-state index in [2.05, 4.69) is 0 Å². The average molecular weight is 444 g/mol. The number of sulfonamides is 1. The van der Waals surface area contributed by atoms with E-state index in [9.17, 15) is 18.0 Å². The minimum Gasteiger partial charge on any atom is -0.465 e. The number of esters is 1. The second kappa shape index (κ2) is 8.55. The van der Waals surface area contributed by atoms with Crippen molar-refractivity contribution in [2.24, 2.45) is 0 Å². The van der Waals surface area contributed by atoms with Crippen LogP contribution < -0.4 is 4.31 Å². The van der Waals surface area contributed by atoms with Crippen LogP contribution in [0.4, 0.5) is 5.69 Å². The monoisotopic (exact) mass is 443 g/mol. The van der Waals surface area contributed by atoms with E-state index in [1.807, 2.05) is 6.92 Å². The lowest BCUT2D eigenvalue weighted by Crippen LogP contribution is -2.37. The van der Waals surface area contributed by atoms with Crippen LogP contribution >= 0.6 is 0 Å². The molecule has 3 rings (SSSR count). The lowest BCUT2D eigenvalue weighted by Gasteiger charge is -2.23. The van der Waals surface area contributed by atoms with Gasteiger partial charge in [0.15, 0.2) is 0 Å². The summed E-state index contributed by atoms with van der Waals surface area (Å²) >= 11 is 0. The zero-order valence-electron chi connectivity index (χ0n) is 18.2. The Morgan fingerprint density at radius 3 is 2.39 bits per heavy atom. The first kappa shape index (κ1) is 22.6. The molecule has 3 aromatic rings. The number of rotatable bonds is 6. The summed E-state index contributed by atoms with van der Waals surface area (Å²) in [4.78, 5) is 25.3. The number of ether oxygens (including phenoxy) is 1. The van der Waals surface area contributed by atoms with E-state index in [1.165, 1.54) is 25.3 Å². The number of methoxy groups -OCH3 is 1. The summed E-state index contributed by atoms with van der Waals surface area (Å²) in [5.74, 6) is -0.804. The first-order valence-electron chi connectivity index (χ1n) is 9.88. The number of nitrogens with zero attached hydrogens (tertiary/aromatic N) is 1. The van der Waals surface area contributed by atoms with Gasteiger partial charge in [0.05, 0.1) is 17.7 Å². The summed E-state index contributed by atoms with van der Waals surface area (Å²) < 4.78 is 38.4. The van der Waals surface area contributed by atoms with Gasteiger partial charge in [-0.1, -0.05) is 24.6 Å². The van der Waals surface area contributed by atoms with Crippen LogP contribution in [0.2, 0.25) is 0 Å². The third kappa shape index (κ3) is 4.07. The highest BCUT2D eigenvalue weighted by Crippen LogP contribution is 2.33. The summed E-state index contributed by atoms with van der Waals surface area (Å²) in [6, 6.07) is 9.49. The number of hydrogen-bond donors (Lipinski definition) is 0. The van der Waals surface area contributed by atoms with E-state index in [1.54, 1.807) is 39.0 Å². The third-order valence-corrected chi connectivity index (χ3v) is 6.92. The van der Waals surface area contributed by atoms with Gasteiger partial charge in [0.2, 0.25) is 5.91 Å². The Balaban J connectivity index is 2.25. The smallest absolute Gasteiger partial charge is 0.342 e. The molecule has 8 heteroatoms. The molecule has 1 aromatic heterocycles. The number of carbonyl (C=O) groups excluding carboxylic acids is 2. The van der Waals surface area contributed by atoms with E-state index in [0.717, 1.165) is 9.87 Å². The van der Waals surface area contributed by atoms with Gasteiger partial charge in [-0.3, -0.25) is 4.79 Å². The molecule has 31 heavy (non-hydrogen) atoms. The van der Waals surface area contributed by atoms with Gasteiger partial charge in [0.1, 0.15) is 16.9 Å². The largest absolute Gasteiger partial charge is 0.465 e. The molecule has 0 N–H and O–H groups in total. The molecule has 0 aliphatic carbocycles. The summed E-state index contributed by atoms with van der Waals surface area (Å²) in [6.45, 7) is 6.99. The van der Waals surface area contributed by atoms with Crippen LogP contribution in [0.25, 0.3) is 11.0 Å². The first-order chi connectivity index (χ1) is 14.6. The molecular formula is C23H25NO6S. The van der Waals surface area contributed by atoms with Crippen molar-refractivity contribution in [3.63, 3.8) is 0 Å². The molecule has 1 amide bonds. The third-order valence-electron chi connectivity index (χ3n) is 5.01. The lowest BCUT2D eigenvalue weighted by atomic mass is 10.1. The lowest BCUT2D eigenvalue weighted by molar-refractivity contribution is -0.117. The number of amides is 1. The molecule has 0 saturated heterocycles. The van der Waals surface area contributed by atoms with Crippen LogP contribution in [0.3, 0.4) is 0 Å². The molecule has 0 aliphatic rings. The molecule has 1 heterocycles. The van der Waals surface area contributed by atoms with Crippen molar-refractivity contribution in [2.45, 2.75) is 45.4 Å². The Hall–Kier alpha value is -3.13. The van der Waals surface area contributed by atoms with Crippen molar-refractivity contribution in [2.75, 3.05) is 11.4 Å². The molecule has 0 spiro atoms. The summed E-state index contributed by atoms with van der Waals surface area (Å²) in [5, 5.41) is 0.381. The maximum Gasteiger partial charge on any atom is 0.342 e. The van der Waals surface area contributed by atoms with Crippen LogP contribution in [-0.2, 0) is 19.6 Å². The van der Waals surface area contributed by atoms with Crippen LogP contribution in [-0.4, -0.2) is 27.4 Å². The summed E-state index contributed by atoms with van der Waals surface area (Å²) in [5.41, 5.74) is 2.20. The quantitative estimate of drug-likeness (QED) is 0.514. The molecular weight excluding hydrogens is 418 g/mol. The molecule has 2 aromatic carbocycles. The van der Waals surface area contributed by atoms with Crippen molar-refractivity contribution < 1.29 is 27.2 Å². The highest BCUT2D eigenvalue weighted by Gasteiger charge is 2.32. The number of fused-ring (bicyclic) bond motifs is 1. The second-order valence-corrected chi connectivity index (χ2v) is 9.14. The van der Waals surface area contributed by atoms with E-state index >= 15 is 0 Å². The average Bonchev–Trinajstić information content (AvgIpc) is 3.02. The van der Waals surface area contributed by atoms with Crippen molar-refractivity contribution in [3.8, 4) is 0 Å². The SMILES string of the molecule is CCCC(=O)N(c1ccc2oc(C)c(C(=O)OC)c2c1)S(=O)(=O)c1ccc(C)cc1C. The molecule has 0 fully saturated rings. The molecule has 0 unspecified atom stereocenters. The Morgan fingerprint density at radius 1 is 1.06 bits per heavy atom. The van der Waals surface area contributed by atoms with Crippen LogP contribution in [0.1, 0.15) is 47.0 Å². The first-order valence-corrected chi connectivity index (χ1v) is 11.3. The summed E-state index contributed by atoms with van der Waals surface area (Å²) in [6.07, 6.45) is 0.536. The number of furan rings is 1. The number of anilines is 1. The van der Waals surface area contributed by atoms with Crippen molar-refractivity contribution in [1.29, 1.82) is 0 Å². The van der Waals surface area contributed by atoms with Gasteiger partial charge in [0, 0.05) is 11.8 Å². The molecule has 0 aliphatic heterocycles. The van der Waals surface area contributed by atoms with Gasteiger partial charge in [-0.05, 0) is 57.0 Å². The summed E-state index contributed by atoms with van der Waals surface area (Å²) in [7, 11) is -2.93. The zero-order valence-corrected chi connectivity index (χ0v) is 19.0. The van der Waals surface area contributed by atoms with Crippen LogP contribution in [0, 0.1) is 20.8 Å². The number of hydrogen-bond acceptors (Lipinski definition) is 6. The maximum absolute atomic E-state index is 13.6. The molecule has 7 nitrogen and oxygen atoms in total. The fourth-order valence-electron chi connectivity index (χ4n) is 3.61. The molecule has 164 valence electrons. The van der Waals surface area contributed by atoms with Crippen molar-refractivity contribution >= 4 is 38.6 Å². The van der Waals surface area contributed by atoms with Crippen LogP contribution in [0.5, 0.6) is 0 Å². The Morgan fingerprint density at radius 2 is 1.77 bits per heavy atom. The van der Waals surface area contributed by atoms with Gasteiger partial charge in [-0.2, -0.15) is 0 Å². The van der Waals surface area contributed by atoms with Gasteiger partial charge in [0.25, 0.3) is 10.0 Å². The molecule has 0 radical (unpaired) electrons. The van der Waals surface area contributed by atoms with Crippen molar-refractivity contribution in [1.82, 2.24) is 0 Å². The van der Waals surface area contributed by atoms with Gasteiger partial charge >= 0.3 is 5.97 Å². The molecule has 0 atom stereocenters. The Bertz CT molecular complexity index is 1270. The van der Waals surface area contributed by atoms with E-state index in [4.69, 9.17) is 9.15 Å². The zero-order chi connectivity index (χ0) is 22.9. The highest BCUT2D eigenvalue weighted by molar-refractivity contribution is 7.93. The van der Waals surface area contributed by atoms with Crippen LogP contribution in [0.15, 0.2) is 45.7 Å². The predicted molar refractivity (Wildman–Crippen MR) is 118 cm³/mol. The standard InChI is InChI=1S/C23H25NO6S/c1-6-7-21(25)24(31(27,28)20-11-8-14(2)12-15(20)3)17-9-10-19-18(13-17)22(16(4)30-19)23(26)29-5/h8-13H,6-7H2,1-5H3. The Labute approximate surface area is 181 Å². The Kier molecular flexibility index (Phi) is 6.22. The molecule has 0 bridgehead atoms. The fraction of sp³-hybridized carbons (Fsp3) is 0.304. The topological polar surface area (TPSA) is 93.9 Å².